The Morgan fingerprint density at radius 1 is 1.29 bits per heavy atom. The Morgan fingerprint density at radius 3 is 2.59 bits per heavy atom. The van der Waals surface area contributed by atoms with E-state index in [0.717, 1.165) is 15.0 Å². The highest BCUT2D eigenvalue weighted by atomic mass is 127. The molecule has 5 heteroatoms. The predicted octanol–water partition coefficient (Wildman–Crippen LogP) is 2.88. The third-order valence-electron chi connectivity index (χ3n) is 2.26. The van der Waals surface area contributed by atoms with Gasteiger partial charge in [0.15, 0.2) is 0 Å². The molecule has 4 nitrogen and oxygen atoms in total. The molecule has 0 aliphatic rings. The van der Waals surface area contributed by atoms with Crippen LogP contribution in [0.25, 0.3) is 5.69 Å². The molecule has 0 N–H and O–H groups in total. The van der Waals surface area contributed by atoms with Gasteiger partial charge < -0.3 is 9.47 Å². The zero-order valence-corrected chi connectivity index (χ0v) is 11.8. The summed E-state index contributed by atoms with van der Waals surface area (Å²) in [7, 11) is 1.65. The van der Waals surface area contributed by atoms with E-state index in [1.807, 2.05) is 37.4 Å². The fourth-order valence-electron chi connectivity index (χ4n) is 1.44. The number of nitrogens with zero attached hydrogens (tertiary/aromatic N) is 2. The normalized spacial score (nSPS) is 10.3. The summed E-state index contributed by atoms with van der Waals surface area (Å²) in [5, 5.41) is 4.37. The van der Waals surface area contributed by atoms with Crippen LogP contribution in [0.1, 0.15) is 6.92 Å². The van der Waals surface area contributed by atoms with Crippen LogP contribution in [0.15, 0.2) is 30.5 Å². The van der Waals surface area contributed by atoms with Crippen LogP contribution in [0.3, 0.4) is 0 Å². The van der Waals surface area contributed by atoms with Gasteiger partial charge in [0.2, 0.25) is 5.88 Å². The first-order valence-corrected chi connectivity index (χ1v) is 6.35. The molecule has 1 aromatic carbocycles. The Morgan fingerprint density at radius 2 is 2.00 bits per heavy atom. The molecule has 0 aliphatic carbocycles. The van der Waals surface area contributed by atoms with Crippen molar-refractivity contribution in [2.75, 3.05) is 13.7 Å². The Hall–Kier alpha value is -1.24. The fourth-order valence-corrected chi connectivity index (χ4v) is 1.97. The van der Waals surface area contributed by atoms with Gasteiger partial charge in [-0.15, -0.1) is 5.10 Å². The number of benzene rings is 1. The van der Waals surface area contributed by atoms with E-state index in [2.05, 4.69) is 27.7 Å². The second-order valence-electron chi connectivity index (χ2n) is 3.36. The molecule has 0 aliphatic heterocycles. The summed E-state index contributed by atoms with van der Waals surface area (Å²) in [5.41, 5.74) is 0.981. The lowest BCUT2D eigenvalue weighted by Gasteiger charge is -2.03. The smallest absolute Gasteiger partial charge is 0.246 e. The number of aromatic nitrogens is 2. The van der Waals surface area contributed by atoms with Gasteiger partial charge in [0.25, 0.3) is 0 Å². The van der Waals surface area contributed by atoms with Crippen molar-refractivity contribution in [2.24, 2.45) is 0 Å². The molecule has 17 heavy (non-hydrogen) atoms. The monoisotopic (exact) mass is 344 g/mol. The van der Waals surface area contributed by atoms with Crippen LogP contribution in [0.2, 0.25) is 0 Å². The highest BCUT2D eigenvalue weighted by Gasteiger charge is 2.08. The molecule has 1 heterocycles. The Labute approximate surface area is 114 Å². The van der Waals surface area contributed by atoms with Gasteiger partial charge in [-0.2, -0.15) is 0 Å². The minimum absolute atomic E-state index is 0.621. The maximum Gasteiger partial charge on any atom is 0.246 e. The molecule has 0 fully saturated rings. The number of rotatable bonds is 4. The van der Waals surface area contributed by atoms with Crippen molar-refractivity contribution >= 4 is 22.6 Å². The Bertz CT molecular complexity index is 494. The molecule has 0 unspecified atom stereocenters. The van der Waals surface area contributed by atoms with Gasteiger partial charge in [0.1, 0.15) is 5.75 Å². The molecule has 2 rings (SSSR count). The quantitative estimate of drug-likeness (QED) is 0.801. The van der Waals surface area contributed by atoms with E-state index in [1.54, 1.807) is 11.8 Å². The van der Waals surface area contributed by atoms with Gasteiger partial charge in [0, 0.05) is 6.20 Å². The minimum Gasteiger partial charge on any atom is -0.497 e. The van der Waals surface area contributed by atoms with Crippen LogP contribution < -0.4 is 9.47 Å². The zero-order chi connectivity index (χ0) is 12.3. The van der Waals surface area contributed by atoms with E-state index in [1.165, 1.54) is 0 Å². The summed E-state index contributed by atoms with van der Waals surface area (Å²) >= 11 is 2.21. The lowest BCUT2D eigenvalue weighted by molar-refractivity contribution is 0.322. The largest absolute Gasteiger partial charge is 0.497 e. The number of hydrogen-bond acceptors (Lipinski definition) is 3. The standard InChI is InChI=1S/C12H13IN2O2/c1-3-17-12-11(13)8-15(14-12)9-4-6-10(16-2)7-5-9/h4-8H,3H2,1-2H3. The lowest BCUT2D eigenvalue weighted by atomic mass is 10.3. The van der Waals surface area contributed by atoms with Crippen molar-refractivity contribution in [3.8, 4) is 17.3 Å². The van der Waals surface area contributed by atoms with Gasteiger partial charge >= 0.3 is 0 Å². The molecule has 0 amide bonds. The SMILES string of the molecule is CCOc1nn(-c2ccc(OC)cc2)cc1I. The molecule has 0 bridgehead atoms. The van der Waals surface area contributed by atoms with Crippen molar-refractivity contribution < 1.29 is 9.47 Å². The predicted molar refractivity (Wildman–Crippen MR) is 74.0 cm³/mol. The molecule has 0 saturated heterocycles. The highest BCUT2D eigenvalue weighted by Crippen LogP contribution is 2.21. The van der Waals surface area contributed by atoms with Crippen molar-refractivity contribution in [1.82, 2.24) is 9.78 Å². The van der Waals surface area contributed by atoms with E-state index in [4.69, 9.17) is 9.47 Å². The van der Waals surface area contributed by atoms with E-state index in [-0.39, 0.29) is 0 Å². The van der Waals surface area contributed by atoms with Crippen molar-refractivity contribution in [3.05, 3.63) is 34.0 Å². The molecule has 90 valence electrons. The van der Waals surface area contributed by atoms with Gasteiger partial charge in [-0.3, -0.25) is 0 Å². The van der Waals surface area contributed by atoms with Gasteiger partial charge in [0.05, 0.1) is 23.0 Å². The van der Waals surface area contributed by atoms with Crippen molar-refractivity contribution in [1.29, 1.82) is 0 Å². The van der Waals surface area contributed by atoms with Crippen LogP contribution in [0.5, 0.6) is 11.6 Å². The van der Waals surface area contributed by atoms with Crippen molar-refractivity contribution in [3.63, 3.8) is 0 Å². The first-order valence-electron chi connectivity index (χ1n) is 5.27. The summed E-state index contributed by atoms with van der Waals surface area (Å²) in [5.74, 6) is 1.50. The van der Waals surface area contributed by atoms with Crippen LogP contribution >= 0.6 is 22.6 Å². The van der Waals surface area contributed by atoms with Crippen LogP contribution in [-0.4, -0.2) is 23.5 Å². The molecule has 0 atom stereocenters. The molecule has 1 aromatic heterocycles. The minimum atomic E-state index is 0.621. The van der Waals surface area contributed by atoms with E-state index >= 15 is 0 Å². The van der Waals surface area contributed by atoms with Gasteiger partial charge in [-0.05, 0) is 53.8 Å². The van der Waals surface area contributed by atoms with Gasteiger partial charge in [-0.25, -0.2) is 4.68 Å². The number of hydrogen-bond donors (Lipinski definition) is 0. The van der Waals surface area contributed by atoms with Crippen LogP contribution in [-0.2, 0) is 0 Å². The number of methoxy groups -OCH3 is 1. The summed E-state index contributed by atoms with van der Waals surface area (Å²) in [4.78, 5) is 0. The summed E-state index contributed by atoms with van der Waals surface area (Å²) in [6, 6.07) is 7.73. The first-order chi connectivity index (χ1) is 8.24. The van der Waals surface area contributed by atoms with Crippen LogP contribution in [0.4, 0.5) is 0 Å². The zero-order valence-electron chi connectivity index (χ0n) is 9.68. The number of ether oxygens (including phenoxy) is 2. The molecule has 0 saturated carbocycles. The Balaban J connectivity index is 2.29. The highest BCUT2D eigenvalue weighted by molar-refractivity contribution is 14.1. The topological polar surface area (TPSA) is 36.3 Å². The lowest BCUT2D eigenvalue weighted by Crippen LogP contribution is -1.97. The molecule has 0 spiro atoms. The Kier molecular flexibility index (Phi) is 3.88. The fraction of sp³-hybridized carbons (Fsp3) is 0.250. The molecular weight excluding hydrogens is 331 g/mol. The van der Waals surface area contributed by atoms with E-state index < -0.39 is 0 Å². The van der Waals surface area contributed by atoms with E-state index in [0.29, 0.717) is 12.5 Å². The first kappa shape index (κ1) is 12.2. The second-order valence-corrected chi connectivity index (χ2v) is 4.52. The third kappa shape index (κ3) is 2.71. The second kappa shape index (κ2) is 5.39. The van der Waals surface area contributed by atoms with Crippen LogP contribution in [0, 0.1) is 3.57 Å². The number of halogens is 1. The molecule has 2 aromatic rings. The van der Waals surface area contributed by atoms with E-state index in [9.17, 15) is 0 Å². The summed E-state index contributed by atoms with van der Waals surface area (Å²) in [6.45, 7) is 2.57. The molecule has 0 radical (unpaired) electrons. The maximum atomic E-state index is 5.42. The maximum absolute atomic E-state index is 5.42. The molecular formula is C12H13IN2O2. The summed E-state index contributed by atoms with van der Waals surface area (Å²) in [6.07, 6.45) is 1.94. The summed E-state index contributed by atoms with van der Waals surface area (Å²) < 4.78 is 13.3. The third-order valence-corrected chi connectivity index (χ3v) is 3.00. The van der Waals surface area contributed by atoms with Gasteiger partial charge in [-0.1, -0.05) is 0 Å². The van der Waals surface area contributed by atoms with Crippen molar-refractivity contribution in [2.45, 2.75) is 6.92 Å². The average Bonchev–Trinajstić information content (AvgIpc) is 2.72. The average molecular weight is 344 g/mol.